The summed E-state index contributed by atoms with van der Waals surface area (Å²) in [6.07, 6.45) is -0.685. The van der Waals surface area contributed by atoms with Gasteiger partial charge in [-0.25, -0.2) is 8.42 Å². The van der Waals surface area contributed by atoms with Gasteiger partial charge in [-0.15, -0.1) is 0 Å². The van der Waals surface area contributed by atoms with E-state index in [9.17, 15) is 13.5 Å². The molecule has 0 bridgehead atoms. The van der Waals surface area contributed by atoms with Gasteiger partial charge in [0.15, 0.2) is 9.84 Å². The van der Waals surface area contributed by atoms with Gasteiger partial charge in [0.2, 0.25) is 0 Å². The Morgan fingerprint density at radius 1 is 1.08 bits per heavy atom. The van der Waals surface area contributed by atoms with Crippen LogP contribution in [0.15, 0.2) is 24.3 Å². The average molecular weight is 355 g/mol. The summed E-state index contributed by atoms with van der Waals surface area (Å²) in [4.78, 5) is 2.81. The molecule has 0 saturated carbocycles. The zero-order valence-electron chi connectivity index (χ0n) is 14.7. The van der Waals surface area contributed by atoms with Gasteiger partial charge in [0.25, 0.3) is 0 Å². The molecule has 2 aliphatic rings. The van der Waals surface area contributed by atoms with Gasteiger partial charge in [-0.1, -0.05) is 38.1 Å². The molecule has 24 heavy (non-hydrogen) atoms. The third-order valence-corrected chi connectivity index (χ3v) is 7.26. The Morgan fingerprint density at radius 2 is 1.71 bits per heavy atom. The summed E-state index contributed by atoms with van der Waals surface area (Å²) in [5.41, 5.74) is 2.74. The van der Waals surface area contributed by atoms with Gasteiger partial charge < -0.3 is 14.9 Å². The van der Waals surface area contributed by atoms with Crippen LogP contribution in [0.3, 0.4) is 0 Å². The summed E-state index contributed by atoms with van der Waals surface area (Å²) in [7, 11) is -3.04. The molecule has 3 rings (SSSR count). The van der Waals surface area contributed by atoms with Crippen LogP contribution in [0, 0.1) is 0 Å². The van der Waals surface area contributed by atoms with Crippen LogP contribution in [-0.4, -0.2) is 63.4 Å². The average Bonchev–Trinajstić information content (AvgIpc) is 2.81. The molecule has 1 aromatic rings. The first-order chi connectivity index (χ1) is 11.3. The molecule has 0 aromatic heterocycles. The van der Waals surface area contributed by atoms with Crippen molar-refractivity contribution in [1.29, 1.82) is 0 Å². The minimum absolute atomic E-state index is 0.0556. The number of quaternary nitrogens is 2. The van der Waals surface area contributed by atoms with E-state index < -0.39 is 15.9 Å². The van der Waals surface area contributed by atoms with E-state index in [0.29, 0.717) is 5.92 Å². The molecule has 3 N–H and O–H groups in total. The fourth-order valence-electron chi connectivity index (χ4n) is 4.00. The Morgan fingerprint density at radius 3 is 2.21 bits per heavy atom. The fraction of sp³-hybridized carbons (Fsp3) is 0.667. The third-order valence-electron chi connectivity index (χ3n) is 5.55. The van der Waals surface area contributed by atoms with Crippen LogP contribution >= 0.6 is 0 Å². The highest BCUT2D eigenvalue weighted by Crippen LogP contribution is 2.14. The van der Waals surface area contributed by atoms with E-state index in [-0.39, 0.29) is 17.5 Å². The predicted molar refractivity (Wildman–Crippen MR) is 94.1 cm³/mol. The molecule has 2 fully saturated rings. The Hall–Kier alpha value is -0.950. The summed E-state index contributed by atoms with van der Waals surface area (Å²) in [5, 5.41) is 10.0. The normalized spacial score (nSPS) is 33.0. The van der Waals surface area contributed by atoms with E-state index in [1.807, 2.05) is 0 Å². The quantitative estimate of drug-likeness (QED) is 0.601. The van der Waals surface area contributed by atoms with Crippen molar-refractivity contribution in [3.05, 3.63) is 35.4 Å². The molecule has 2 aliphatic heterocycles. The van der Waals surface area contributed by atoms with Crippen molar-refractivity contribution in [1.82, 2.24) is 0 Å². The topological polar surface area (TPSA) is 63.2 Å². The Labute approximate surface area is 145 Å². The maximum atomic E-state index is 11.7. The number of nitrogens with one attached hydrogen (secondary N) is 2. The monoisotopic (exact) mass is 354 g/mol. The number of aliphatic hydroxyl groups is 1. The van der Waals surface area contributed by atoms with Gasteiger partial charge in [-0.2, -0.15) is 0 Å². The van der Waals surface area contributed by atoms with Crippen molar-refractivity contribution in [2.24, 2.45) is 0 Å². The first-order valence-corrected chi connectivity index (χ1v) is 10.8. The second-order valence-electron chi connectivity index (χ2n) is 7.73. The molecule has 0 aliphatic carbocycles. The molecule has 0 unspecified atom stereocenters. The van der Waals surface area contributed by atoms with Gasteiger partial charge in [-0.05, 0) is 11.5 Å². The minimum Gasteiger partial charge on any atom is -0.386 e. The lowest BCUT2D eigenvalue weighted by Crippen LogP contribution is -3.29. The highest BCUT2D eigenvalue weighted by Gasteiger charge is 2.44. The molecule has 1 aromatic carbocycles. The van der Waals surface area contributed by atoms with Crippen LogP contribution in [-0.2, 0) is 16.4 Å². The number of aliphatic hydroxyl groups excluding tert-OH is 1. The first-order valence-electron chi connectivity index (χ1n) is 8.99. The summed E-state index contributed by atoms with van der Waals surface area (Å²) in [5.74, 6) is 0.655. The number of rotatable bonds is 4. The largest absolute Gasteiger partial charge is 0.386 e. The third kappa shape index (κ3) is 4.17. The zero-order chi connectivity index (χ0) is 17.3. The van der Waals surface area contributed by atoms with Crippen molar-refractivity contribution in [3.63, 3.8) is 0 Å². The molecule has 0 spiro atoms. The summed E-state index contributed by atoms with van der Waals surface area (Å²) in [6, 6.07) is 8.78. The van der Waals surface area contributed by atoms with Gasteiger partial charge in [0, 0.05) is 5.56 Å². The number of hydrogen-bond acceptors (Lipinski definition) is 3. The standard InChI is InChI=1S/C18H28N2O3S/c1-14(2)16-5-3-15(4-6-16)11-19-7-9-20(10-8-19)17-12-24(22,23)13-18(17)21/h3-6,14,17-18,21H,7-13H2,1-2H3/p+2/t17-,18-/m1/s1. The molecule has 2 heterocycles. The summed E-state index contributed by atoms with van der Waals surface area (Å²) in [6.45, 7) is 9.39. The lowest BCUT2D eigenvalue weighted by molar-refractivity contribution is -1.03. The van der Waals surface area contributed by atoms with E-state index in [2.05, 4.69) is 38.1 Å². The van der Waals surface area contributed by atoms with E-state index in [1.54, 1.807) is 4.90 Å². The van der Waals surface area contributed by atoms with Crippen LogP contribution in [0.5, 0.6) is 0 Å². The molecule has 2 saturated heterocycles. The maximum absolute atomic E-state index is 11.7. The molecule has 0 radical (unpaired) electrons. The van der Waals surface area contributed by atoms with Crippen molar-refractivity contribution in [2.45, 2.75) is 38.5 Å². The summed E-state index contributed by atoms with van der Waals surface area (Å²) < 4.78 is 23.4. The van der Waals surface area contributed by atoms with Crippen LogP contribution in [0.4, 0.5) is 0 Å². The van der Waals surface area contributed by atoms with E-state index in [1.165, 1.54) is 16.0 Å². The number of hydrogen-bond donors (Lipinski definition) is 3. The molecule has 6 heteroatoms. The summed E-state index contributed by atoms with van der Waals surface area (Å²) >= 11 is 0. The molecule has 2 atom stereocenters. The van der Waals surface area contributed by atoms with Crippen LogP contribution < -0.4 is 9.80 Å². The number of benzene rings is 1. The van der Waals surface area contributed by atoms with Crippen LogP contribution in [0.1, 0.15) is 30.9 Å². The molecule has 0 amide bonds. The van der Waals surface area contributed by atoms with Crippen molar-refractivity contribution in [2.75, 3.05) is 37.7 Å². The van der Waals surface area contributed by atoms with Crippen LogP contribution in [0.2, 0.25) is 0 Å². The predicted octanol–water partition coefficient (Wildman–Crippen LogP) is -1.75. The Bertz CT molecular complexity index is 649. The Balaban J connectivity index is 1.52. The SMILES string of the molecule is CC(C)c1ccc(C[NH+]2CC[NH+]([C@@H]3CS(=O)(=O)C[C@H]3O)CC2)cc1. The van der Waals surface area contributed by atoms with Crippen molar-refractivity contribution >= 4 is 9.84 Å². The molecular weight excluding hydrogens is 324 g/mol. The lowest BCUT2D eigenvalue weighted by Gasteiger charge is -2.33. The van der Waals surface area contributed by atoms with E-state index in [0.717, 1.165) is 32.7 Å². The Kier molecular flexibility index (Phi) is 5.30. The van der Waals surface area contributed by atoms with Crippen molar-refractivity contribution < 1.29 is 23.3 Å². The van der Waals surface area contributed by atoms with Crippen molar-refractivity contribution in [3.8, 4) is 0 Å². The highest BCUT2D eigenvalue weighted by molar-refractivity contribution is 7.91. The van der Waals surface area contributed by atoms with Gasteiger partial charge in [0.05, 0.1) is 5.75 Å². The number of piperazine rings is 1. The minimum atomic E-state index is -3.04. The highest BCUT2D eigenvalue weighted by atomic mass is 32.2. The maximum Gasteiger partial charge on any atom is 0.159 e. The lowest BCUT2D eigenvalue weighted by atomic mass is 10.0. The number of sulfone groups is 1. The van der Waals surface area contributed by atoms with Crippen LogP contribution in [0.25, 0.3) is 0 Å². The molecular formula is C18H30N2O3S+2. The van der Waals surface area contributed by atoms with E-state index >= 15 is 0 Å². The van der Waals surface area contributed by atoms with Gasteiger partial charge >= 0.3 is 0 Å². The van der Waals surface area contributed by atoms with E-state index in [4.69, 9.17) is 0 Å². The molecule has 5 nitrogen and oxygen atoms in total. The first kappa shape index (κ1) is 17.9. The van der Waals surface area contributed by atoms with Gasteiger partial charge in [-0.3, -0.25) is 0 Å². The second kappa shape index (κ2) is 7.12. The fourth-order valence-corrected chi connectivity index (χ4v) is 5.89. The smallest absolute Gasteiger partial charge is 0.159 e. The zero-order valence-corrected chi connectivity index (χ0v) is 15.5. The van der Waals surface area contributed by atoms with Gasteiger partial charge in [0.1, 0.15) is 50.6 Å². The second-order valence-corrected chi connectivity index (χ2v) is 9.89. The molecule has 134 valence electrons.